The Hall–Kier alpha value is -1.71. The molecule has 0 unspecified atom stereocenters. The summed E-state index contributed by atoms with van der Waals surface area (Å²) >= 11 is 23.2. The van der Waals surface area contributed by atoms with Gasteiger partial charge in [0.25, 0.3) is 5.56 Å². The predicted octanol–water partition coefficient (Wildman–Crippen LogP) is 7.76. The maximum Gasteiger partial charge on any atom is 0.282 e. The molecule has 3 aromatic carbocycles. The van der Waals surface area contributed by atoms with Gasteiger partial charge in [-0.3, -0.25) is 4.79 Å². The van der Waals surface area contributed by atoms with Crippen molar-refractivity contribution >= 4 is 88.1 Å². The average Bonchev–Trinajstić information content (AvgIpc) is 2.75. The Morgan fingerprint density at radius 2 is 1.70 bits per heavy atom. The number of aromatic nitrogens is 2. The zero-order valence-electron chi connectivity index (χ0n) is 17.0. The van der Waals surface area contributed by atoms with E-state index >= 15 is 0 Å². The summed E-state index contributed by atoms with van der Waals surface area (Å²) in [5.74, 6) is 0.833. The Balaban J connectivity index is 1.60. The zero-order chi connectivity index (χ0) is 23.7. The van der Waals surface area contributed by atoms with E-state index in [1.807, 2.05) is 24.3 Å². The molecule has 0 saturated heterocycles. The van der Waals surface area contributed by atoms with Crippen LogP contribution in [0.4, 0.5) is 0 Å². The van der Waals surface area contributed by atoms with Gasteiger partial charge in [0.1, 0.15) is 12.4 Å². The lowest BCUT2D eigenvalue weighted by atomic mass is 10.2. The van der Waals surface area contributed by atoms with Gasteiger partial charge >= 0.3 is 0 Å². The number of hydrogen-bond acceptors (Lipinski definition) is 4. The molecule has 0 fully saturated rings. The van der Waals surface area contributed by atoms with Crippen LogP contribution in [0.15, 0.2) is 71.8 Å². The lowest BCUT2D eigenvalue weighted by Gasteiger charge is -2.12. The van der Waals surface area contributed by atoms with Crippen LogP contribution in [0.3, 0.4) is 0 Å². The first-order valence-electron chi connectivity index (χ1n) is 9.52. The van der Waals surface area contributed by atoms with E-state index in [9.17, 15) is 4.79 Å². The molecule has 33 heavy (non-hydrogen) atoms. The van der Waals surface area contributed by atoms with Crippen molar-refractivity contribution in [3.05, 3.63) is 99.3 Å². The van der Waals surface area contributed by atoms with E-state index in [1.165, 1.54) is 10.9 Å². The molecule has 0 aliphatic heterocycles. The van der Waals surface area contributed by atoms with Crippen molar-refractivity contribution in [2.45, 2.75) is 13.5 Å². The highest BCUT2D eigenvalue weighted by Crippen LogP contribution is 2.35. The Bertz CT molecular complexity index is 1450. The van der Waals surface area contributed by atoms with Crippen LogP contribution >= 0.6 is 71.0 Å². The molecule has 0 aliphatic carbocycles. The fraction of sp³-hybridized carbons (Fsp3) is 0.0870. The number of halogens is 5. The summed E-state index contributed by atoms with van der Waals surface area (Å²) < 4.78 is 9.76. The predicted molar refractivity (Wildman–Crippen MR) is 144 cm³/mol. The van der Waals surface area contributed by atoms with E-state index < -0.39 is 0 Å². The summed E-state index contributed by atoms with van der Waals surface area (Å²) in [6.45, 7) is 2.00. The summed E-state index contributed by atoms with van der Waals surface area (Å²) in [5, 5.41) is 5.45. The molecule has 0 amide bonds. The van der Waals surface area contributed by atoms with Gasteiger partial charge in [0.05, 0.1) is 27.2 Å². The summed E-state index contributed by atoms with van der Waals surface area (Å²) in [6.07, 6.45) is 1.51. The van der Waals surface area contributed by atoms with Gasteiger partial charge in [0, 0.05) is 19.0 Å². The molecule has 0 saturated carbocycles. The molecule has 10 heteroatoms. The van der Waals surface area contributed by atoms with Gasteiger partial charge in [-0.15, -0.1) is 0 Å². The highest BCUT2D eigenvalue weighted by atomic mass is 79.9. The third-order valence-corrected chi connectivity index (χ3v) is 6.99. The molecule has 5 nitrogen and oxygen atoms in total. The maximum absolute atomic E-state index is 12.9. The van der Waals surface area contributed by atoms with Crippen LogP contribution in [0.1, 0.15) is 17.0 Å². The van der Waals surface area contributed by atoms with Crippen LogP contribution in [0, 0.1) is 6.92 Å². The maximum atomic E-state index is 12.9. The standard InChI is InChI=1S/C23H14Br3Cl2N3O2/c1-12-30-21-5-4-15(24)8-17(21)23(32)31(12)29-10-13-6-19(27)22(20(28)7-13)33-11-14-2-3-16(25)9-18(14)26/h2-10H,11H2,1H3. The number of aryl methyl sites for hydroxylation is 1. The first kappa shape index (κ1) is 24.4. The van der Waals surface area contributed by atoms with Crippen LogP contribution in [-0.4, -0.2) is 15.9 Å². The molecule has 0 bridgehead atoms. The van der Waals surface area contributed by atoms with Gasteiger partial charge in [-0.05, 0) is 55.0 Å². The van der Waals surface area contributed by atoms with Gasteiger partial charge in [-0.2, -0.15) is 9.78 Å². The molecular formula is C23H14Br3Cl2N3O2. The molecule has 0 aliphatic rings. The minimum atomic E-state index is -0.271. The molecule has 4 rings (SSSR count). The Morgan fingerprint density at radius 1 is 1.03 bits per heavy atom. The van der Waals surface area contributed by atoms with Gasteiger partial charge in [0.15, 0.2) is 5.75 Å². The minimum Gasteiger partial charge on any atom is -0.486 e. The normalized spacial score (nSPS) is 11.5. The highest BCUT2D eigenvalue weighted by Gasteiger charge is 2.12. The summed E-state index contributed by atoms with van der Waals surface area (Å²) in [4.78, 5) is 17.3. The third-order valence-electron chi connectivity index (χ3n) is 4.70. The van der Waals surface area contributed by atoms with Crippen molar-refractivity contribution in [1.29, 1.82) is 0 Å². The Kier molecular flexibility index (Phi) is 7.60. The minimum absolute atomic E-state index is 0.271. The number of ether oxygens (including phenoxy) is 1. The number of nitrogens with zero attached hydrogens (tertiary/aromatic N) is 3. The Morgan fingerprint density at radius 3 is 2.39 bits per heavy atom. The van der Waals surface area contributed by atoms with Crippen molar-refractivity contribution in [3.63, 3.8) is 0 Å². The van der Waals surface area contributed by atoms with Crippen LogP contribution in [0.2, 0.25) is 10.0 Å². The molecule has 1 aromatic heterocycles. The van der Waals surface area contributed by atoms with E-state index in [-0.39, 0.29) is 12.2 Å². The van der Waals surface area contributed by atoms with Crippen LogP contribution < -0.4 is 10.3 Å². The second-order valence-electron chi connectivity index (χ2n) is 7.02. The van der Waals surface area contributed by atoms with Crippen LogP contribution in [0.5, 0.6) is 5.75 Å². The highest BCUT2D eigenvalue weighted by molar-refractivity contribution is 9.11. The topological polar surface area (TPSA) is 56.5 Å². The second-order valence-corrected chi connectivity index (χ2v) is 10.5. The molecule has 0 radical (unpaired) electrons. The smallest absolute Gasteiger partial charge is 0.282 e. The fourth-order valence-corrected chi connectivity index (χ4v) is 5.24. The summed E-state index contributed by atoms with van der Waals surface area (Å²) in [5.41, 5.74) is 1.90. The van der Waals surface area contributed by atoms with E-state index in [0.717, 1.165) is 19.0 Å². The first-order chi connectivity index (χ1) is 15.7. The largest absolute Gasteiger partial charge is 0.486 e. The van der Waals surface area contributed by atoms with E-state index in [0.29, 0.717) is 38.1 Å². The molecular weight excluding hydrogens is 661 g/mol. The number of benzene rings is 3. The third kappa shape index (κ3) is 5.52. The SMILES string of the molecule is Cc1nc2ccc(Br)cc2c(=O)n1N=Cc1cc(Cl)c(OCc2ccc(Br)cc2Br)c(Cl)c1. The Labute approximate surface area is 224 Å². The average molecular weight is 675 g/mol. The lowest BCUT2D eigenvalue weighted by Crippen LogP contribution is -2.20. The van der Waals surface area contributed by atoms with Crippen molar-refractivity contribution in [2.75, 3.05) is 0 Å². The van der Waals surface area contributed by atoms with E-state index in [4.69, 9.17) is 27.9 Å². The molecule has 4 aromatic rings. The van der Waals surface area contributed by atoms with Gasteiger partial charge < -0.3 is 4.74 Å². The number of rotatable bonds is 5. The molecule has 168 valence electrons. The van der Waals surface area contributed by atoms with Gasteiger partial charge in [-0.1, -0.05) is 77.1 Å². The van der Waals surface area contributed by atoms with E-state index in [1.54, 1.807) is 31.2 Å². The molecule has 0 atom stereocenters. The van der Waals surface area contributed by atoms with Crippen LogP contribution in [0.25, 0.3) is 10.9 Å². The number of hydrogen-bond donors (Lipinski definition) is 0. The number of fused-ring (bicyclic) bond motifs is 1. The monoisotopic (exact) mass is 671 g/mol. The molecule has 0 N–H and O–H groups in total. The lowest BCUT2D eigenvalue weighted by molar-refractivity contribution is 0.306. The zero-order valence-corrected chi connectivity index (χ0v) is 23.2. The summed E-state index contributed by atoms with van der Waals surface area (Å²) in [7, 11) is 0. The van der Waals surface area contributed by atoms with Gasteiger partial charge in [-0.25, -0.2) is 4.98 Å². The molecule has 0 spiro atoms. The summed E-state index contributed by atoms with van der Waals surface area (Å²) in [6, 6.07) is 14.5. The van der Waals surface area contributed by atoms with Crippen molar-refractivity contribution in [2.24, 2.45) is 5.10 Å². The van der Waals surface area contributed by atoms with Crippen molar-refractivity contribution in [1.82, 2.24) is 9.66 Å². The van der Waals surface area contributed by atoms with Gasteiger partial charge in [0.2, 0.25) is 0 Å². The van der Waals surface area contributed by atoms with Crippen LogP contribution in [-0.2, 0) is 6.61 Å². The van der Waals surface area contributed by atoms with Crippen molar-refractivity contribution < 1.29 is 4.74 Å². The molecule has 1 heterocycles. The first-order valence-corrected chi connectivity index (χ1v) is 12.7. The van der Waals surface area contributed by atoms with Crippen molar-refractivity contribution in [3.8, 4) is 5.75 Å². The van der Waals surface area contributed by atoms with E-state index in [2.05, 4.69) is 57.9 Å². The fourth-order valence-electron chi connectivity index (χ4n) is 3.10. The second kappa shape index (κ2) is 10.3. The quantitative estimate of drug-likeness (QED) is 0.204.